The lowest BCUT2D eigenvalue weighted by Gasteiger charge is -2.20. The quantitative estimate of drug-likeness (QED) is 0.0323. The van der Waals surface area contributed by atoms with Gasteiger partial charge < -0.3 is 4.90 Å². The molecule has 0 radical (unpaired) electrons. The van der Waals surface area contributed by atoms with E-state index in [9.17, 15) is 0 Å². The molecule has 5 heteroatoms. The zero-order valence-corrected chi connectivity index (χ0v) is 41.8. The molecule has 1 aromatic heterocycles. The van der Waals surface area contributed by atoms with Crippen molar-refractivity contribution in [1.82, 2.24) is 0 Å². The topological polar surface area (TPSA) is 7.12 Å². The molecule has 0 amide bonds. The normalized spacial score (nSPS) is 13.8. The van der Waals surface area contributed by atoms with Gasteiger partial charge in [-0.05, 0) is 49.3 Å². The summed E-state index contributed by atoms with van der Waals surface area (Å²) in [6.45, 7) is 6.80. The fraction of sp³-hybridized carbons (Fsp3) is 0.655. The average Bonchev–Trinajstić information content (AvgIpc) is 3.81. The van der Waals surface area contributed by atoms with Crippen LogP contribution >= 0.6 is 39.0 Å². The molecule has 2 aromatic carbocycles. The number of rotatable bonds is 37. The molecule has 0 N–H and O–H groups in total. The molecule has 0 unspecified atom stereocenters. The predicted octanol–water partition coefficient (Wildman–Crippen LogP) is 19.5. The van der Waals surface area contributed by atoms with Crippen molar-refractivity contribution in [2.45, 2.75) is 231 Å². The van der Waals surface area contributed by atoms with Gasteiger partial charge in [-0.25, -0.2) is 0 Å². The average molecular weight is 919 g/mol. The molecule has 0 atom stereocenters. The van der Waals surface area contributed by atoms with Gasteiger partial charge in [0.05, 0.1) is 10.7 Å². The van der Waals surface area contributed by atoms with Crippen molar-refractivity contribution in [3.8, 4) is 0 Å². The van der Waals surface area contributed by atoms with Crippen LogP contribution in [-0.4, -0.2) is 6.54 Å². The molecule has 60 heavy (non-hydrogen) atoms. The first kappa shape index (κ1) is 50.8. The molecule has 3 aromatic rings. The zero-order chi connectivity index (χ0) is 42.1. The maximum absolute atomic E-state index is 3.91. The van der Waals surface area contributed by atoms with Gasteiger partial charge in [0, 0.05) is 34.5 Å². The second-order valence-electron chi connectivity index (χ2n) is 17.8. The number of fused-ring (bicyclic) bond motifs is 2. The molecule has 1 aliphatic rings. The molecule has 4 rings (SSSR count). The molecular formula is C55H86BrN2S2+. The first-order valence-corrected chi connectivity index (χ1v) is 27.8. The van der Waals surface area contributed by atoms with Gasteiger partial charge >= 0.3 is 0 Å². The van der Waals surface area contributed by atoms with Crippen molar-refractivity contribution >= 4 is 61.0 Å². The summed E-state index contributed by atoms with van der Waals surface area (Å²) in [5.74, 6) is 0. The summed E-state index contributed by atoms with van der Waals surface area (Å²) < 4.78 is 5.04. The minimum absolute atomic E-state index is 1.09. The number of unbranched alkanes of at least 4 members (excludes halogenated alkanes) is 30. The van der Waals surface area contributed by atoms with E-state index < -0.39 is 0 Å². The van der Waals surface area contributed by atoms with Crippen molar-refractivity contribution in [2.75, 3.05) is 11.4 Å². The Kier molecular flexibility index (Phi) is 28.5. The molecule has 1 aliphatic heterocycles. The number of thioether (sulfide) groups is 1. The Bertz CT molecular complexity index is 1620. The van der Waals surface area contributed by atoms with E-state index in [2.05, 4.69) is 112 Å². The Hall–Kier alpha value is -1.82. The van der Waals surface area contributed by atoms with Crippen molar-refractivity contribution in [1.29, 1.82) is 0 Å². The highest BCUT2D eigenvalue weighted by atomic mass is 79.9. The minimum Gasteiger partial charge on any atom is -0.335 e. The second kappa shape index (κ2) is 33.7. The van der Waals surface area contributed by atoms with Gasteiger partial charge in [-0.1, -0.05) is 263 Å². The standard InChI is InChI=1S/C55H86BrN2S2/c1-3-5-7-9-11-13-15-17-19-21-23-25-27-29-31-37-47-57-50-39-33-35-41-52(50)59-54(57)45-43-49(56)44-46-55-58(51-40-34-36-42-53(51)60-55)48-38-32-30-28-26-24-22-20-18-16-14-12-10-8-6-4-2/h33-36,39-46H,3-32,37-38,47-48H2,1-2H3/q+1. The minimum atomic E-state index is 1.09. The Morgan fingerprint density at radius 2 is 1.00 bits per heavy atom. The van der Waals surface area contributed by atoms with Crippen LogP contribution < -0.4 is 9.47 Å². The monoisotopic (exact) mass is 918 g/mol. The Morgan fingerprint density at radius 1 is 0.550 bits per heavy atom. The van der Waals surface area contributed by atoms with E-state index in [4.69, 9.17) is 0 Å². The van der Waals surface area contributed by atoms with Crippen LogP contribution in [0.5, 0.6) is 0 Å². The number of benzene rings is 2. The first-order chi connectivity index (χ1) is 29.7. The van der Waals surface area contributed by atoms with E-state index in [-0.39, 0.29) is 0 Å². The summed E-state index contributed by atoms with van der Waals surface area (Å²) in [6.07, 6.45) is 54.3. The van der Waals surface area contributed by atoms with E-state index in [1.165, 1.54) is 236 Å². The van der Waals surface area contributed by atoms with E-state index in [1.807, 2.05) is 23.1 Å². The maximum Gasteiger partial charge on any atom is 0.262 e. The Labute approximate surface area is 386 Å². The molecule has 0 spiro atoms. The summed E-state index contributed by atoms with van der Waals surface area (Å²) in [7, 11) is 0. The van der Waals surface area contributed by atoms with Gasteiger partial charge in [0.25, 0.3) is 5.01 Å². The third-order valence-corrected chi connectivity index (χ3v) is 15.3. The van der Waals surface area contributed by atoms with E-state index >= 15 is 0 Å². The second-order valence-corrected chi connectivity index (χ2v) is 20.8. The smallest absolute Gasteiger partial charge is 0.262 e. The number of hydrogen-bond donors (Lipinski definition) is 0. The largest absolute Gasteiger partial charge is 0.335 e. The number of halogens is 1. The molecule has 0 fully saturated rings. The van der Waals surface area contributed by atoms with Gasteiger partial charge in [0.15, 0.2) is 6.54 Å². The highest BCUT2D eigenvalue weighted by Gasteiger charge is 2.24. The van der Waals surface area contributed by atoms with Crippen LogP contribution in [0.15, 0.2) is 81.2 Å². The van der Waals surface area contributed by atoms with Gasteiger partial charge in [0.2, 0.25) is 5.52 Å². The summed E-state index contributed by atoms with van der Waals surface area (Å²) in [6, 6.07) is 17.9. The third-order valence-electron chi connectivity index (χ3n) is 12.5. The van der Waals surface area contributed by atoms with Crippen LogP contribution in [0.3, 0.4) is 0 Å². The molecule has 0 bridgehead atoms. The molecule has 2 nitrogen and oxygen atoms in total. The number of anilines is 1. The van der Waals surface area contributed by atoms with Gasteiger partial charge in [-0.3, -0.25) is 0 Å². The third kappa shape index (κ3) is 21.0. The van der Waals surface area contributed by atoms with Gasteiger partial charge in [0.1, 0.15) is 4.70 Å². The van der Waals surface area contributed by atoms with Crippen molar-refractivity contribution in [3.63, 3.8) is 0 Å². The van der Waals surface area contributed by atoms with Crippen molar-refractivity contribution in [2.24, 2.45) is 0 Å². The lowest BCUT2D eigenvalue weighted by Crippen LogP contribution is -2.35. The molecule has 0 aliphatic carbocycles. The van der Waals surface area contributed by atoms with Gasteiger partial charge in [-0.15, -0.1) is 0 Å². The first-order valence-electron chi connectivity index (χ1n) is 25.4. The highest BCUT2D eigenvalue weighted by molar-refractivity contribution is 9.11. The van der Waals surface area contributed by atoms with Crippen LogP contribution in [0.2, 0.25) is 0 Å². The van der Waals surface area contributed by atoms with Crippen LogP contribution in [0.25, 0.3) is 16.3 Å². The lowest BCUT2D eigenvalue weighted by molar-refractivity contribution is -0.669. The van der Waals surface area contributed by atoms with Crippen LogP contribution in [0, 0.1) is 0 Å². The zero-order valence-electron chi connectivity index (χ0n) is 38.6. The summed E-state index contributed by atoms with van der Waals surface area (Å²) in [4.78, 5) is 3.93. The summed E-state index contributed by atoms with van der Waals surface area (Å²) in [5, 5.41) is 2.67. The molecular weight excluding hydrogens is 833 g/mol. The Balaban J connectivity index is 1.14. The maximum atomic E-state index is 3.91. The van der Waals surface area contributed by atoms with E-state index in [0.717, 1.165) is 17.6 Å². The van der Waals surface area contributed by atoms with E-state index in [1.54, 1.807) is 0 Å². The van der Waals surface area contributed by atoms with Crippen LogP contribution in [-0.2, 0) is 6.54 Å². The fourth-order valence-electron chi connectivity index (χ4n) is 8.81. The number of allylic oxidation sites excluding steroid dienone is 4. The SMILES string of the molecule is CCCCCCCCCCCCCCCCCCN1/C(=C/C=C(Br)/C=C/c2sc3ccccc3[n+]2CCCCCCCCCCCCCCCCCC)Sc2ccccc21. The summed E-state index contributed by atoms with van der Waals surface area (Å²) in [5.41, 5.74) is 2.74. The van der Waals surface area contributed by atoms with Crippen LogP contribution in [0.4, 0.5) is 5.69 Å². The lowest BCUT2D eigenvalue weighted by atomic mass is 10.0. The van der Waals surface area contributed by atoms with E-state index in [0.29, 0.717) is 0 Å². The Morgan fingerprint density at radius 3 is 1.53 bits per heavy atom. The van der Waals surface area contributed by atoms with Crippen LogP contribution in [0.1, 0.15) is 224 Å². The number of thiazole rings is 1. The van der Waals surface area contributed by atoms with Gasteiger partial charge in [-0.2, -0.15) is 4.57 Å². The fourth-order valence-corrected chi connectivity index (χ4v) is 11.3. The molecule has 0 saturated heterocycles. The molecule has 334 valence electrons. The number of aryl methyl sites for hydroxylation is 1. The van der Waals surface area contributed by atoms with Crippen molar-refractivity contribution < 1.29 is 4.57 Å². The molecule has 2 heterocycles. The molecule has 0 saturated carbocycles. The number of nitrogens with zero attached hydrogens (tertiary/aromatic N) is 2. The van der Waals surface area contributed by atoms with Crippen molar-refractivity contribution in [3.05, 3.63) is 81.3 Å². The predicted molar refractivity (Wildman–Crippen MR) is 275 cm³/mol. The number of hydrogen-bond acceptors (Lipinski definition) is 3. The summed E-state index contributed by atoms with van der Waals surface area (Å²) >= 11 is 7.74. The number of aromatic nitrogens is 1. The highest BCUT2D eigenvalue weighted by Crippen LogP contribution is 2.46. The number of para-hydroxylation sites is 2.